The second-order valence-corrected chi connectivity index (χ2v) is 2.34. The summed E-state index contributed by atoms with van der Waals surface area (Å²) in [5, 5.41) is 4.65. The van der Waals surface area contributed by atoms with Gasteiger partial charge in [-0.3, -0.25) is 0 Å². The van der Waals surface area contributed by atoms with Crippen LogP contribution in [0, 0.1) is 5.53 Å². The summed E-state index contributed by atoms with van der Waals surface area (Å²) >= 11 is 2.10. The lowest BCUT2D eigenvalue weighted by Gasteiger charge is -2.06. The maximum Gasteiger partial charge on any atom is 0.0944 e. The first-order valence-corrected chi connectivity index (χ1v) is 3.23. The van der Waals surface area contributed by atoms with Crippen LogP contribution in [0.25, 0.3) is 0 Å². The summed E-state index contributed by atoms with van der Waals surface area (Å²) < 4.78 is 0.956. The van der Waals surface area contributed by atoms with Crippen molar-refractivity contribution in [2.45, 2.75) is 6.92 Å². The van der Waals surface area contributed by atoms with Crippen molar-refractivity contribution in [3.8, 4) is 0 Å². The lowest BCUT2D eigenvalue weighted by molar-refractivity contribution is 0.435. The molecule has 0 aromatic carbocycles. The molecule has 4 heteroatoms. The fourth-order valence-corrected chi connectivity index (χ4v) is 0.342. The standard InChI is InChI=1S/C4H8IN3/c1-3-4(5)8(2)7-6/h3,6H,1-2H3/b4-3-,7-6?. The molecular formula is C4H8IN3. The van der Waals surface area contributed by atoms with Gasteiger partial charge in [0.05, 0.1) is 3.70 Å². The number of allylic oxidation sites excluding steroid dienone is 1. The van der Waals surface area contributed by atoms with E-state index in [1.54, 1.807) is 7.05 Å². The van der Waals surface area contributed by atoms with Gasteiger partial charge in [0.25, 0.3) is 0 Å². The maximum absolute atomic E-state index is 6.55. The smallest absolute Gasteiger partial charge is 0.0944 e. The molecule has 0 amide bonds. The van der Waals surface area contributed by atoms with Crippen LogP contribution in [0.4, 0.5) is 0 Å². The van der Waals surface area contributed by atoms with Crippen molar-refractivity contribution in [2.75, 3.05) is 7.05 Å². The van der Waals surface area contributed by atoms with Gasteiger partial charge in [-0.15, -0.1) is 0 Å². The first-order chi connectivity index (χ1) is 3.72. The van der Waals surface area contributed by atoms with Crippen molar-refractivity contribution < 1.29 is 0 Å². The van der Waals surface area contributed by atoms with Gasteiger partial charge in [0.2, 0.25) is 0 Å². The summed E-state index contributed by atoms with van der Waals surface area (Å²) in [6.45, 7) is 1.91. The molecule has 46 valence electrons. The fraction of sp³-hybridized carbons (Fsp3) is 0.500. The number of halogens is 1. The monoisotopic (exact) mass is 225 g/mol. The van der Waals surface area contributed by atoms with Crippen LogP contribution in [0.15, 0.2) is 15.0 Å². The van der Waals surface area contributed by atoms with E-state index in [-0.39, 0.29) is 0 Å². The second-order valence-electron chi connectivity index (χ2n) is 1.24. The number of nitrogens with zero attached hydrogens (tertiary/aromatic N) is 2. The number of rotatable bonds is 2. The molecule has 0 aliphatic heterocycles. The molecular weight excluding hydrogens is 217 g/mol. The molecule has 0 heterocycles. The van der Waals surface area contributed by atoms with Crippen molar-refractivity contribution in [1.29, 1.82) is 5.53 Å². The molecule has 0 fully saturated rings. The Hall–Kier alpha value is -0.130. The van der Waals surface area contributed by atoms with Gasteiger partial charge in [0, 0.05) is 7.05 Å². The first-order valence-electron chi connectivity index (χ1n) is 2.15. The molecule has 0 bridgehead atoms. The number of hydrogen-bond donors (Lipinski definition) is 1. The molecule has 0 saturated heterocycles. The molecule has 0 aromatic heterocycles. The Bertz CT molecular complexity index is 110. The number of hydrogen-bond acceptors (Lipinski definition) is 2. The lowest BCUT2D eigenvalue weighted by atomic mass is 10.7. The molecule has 0 saturated carbocycles. The Morgan fingerprint density at radius 3 is 2.50 bits per heavy atom. The van der Waals surface area contributed by atoms with E-state index in [1.165, 1.54) is 5.01 Å². The van der Waals surface area contributed by atoms with Crippen molar-refractivity contribution >= 4 is 22.6 Å². The van der Waals surface area contributed by atoms with E-state index in [0.29, 0.717) is 0 Å². The van der Waals surface area contributed by atoms with Crippen molar-refractivity contribution in [1.82, 2.24) is 5.01 Å². The highest BCUT2D eigenvalue weighted by Gasteiger charge is 1.91. The Kier molecular flexibility index (Phi) is 3.76. The van der Waals surface area contributed by atoms with Crippen molar-refractivity contribution in [3.63, 3.8) is 0 Å². The zero-order valence-electron chi connectivity index (χ0n) is 4.85. The summed E-state index contributed by atoms with van der Waals surface area (Å²) in [6, 6.07) is 0. The van der Waals surface area contributed by atoms with Gasteiger partial charge in [0.1, 0.15) is 0 Å². The molecule has 8 heavy (non-hydrogen) atoms. The highest BCUT2D eigenvalue weighted by molar-refractivity contribution is 14.1. The third-order valence-electron chi connectivity index (χ3n) is 0.697. The molecule has 0 spiro atoms. The molecule has 0 atom stereocenters. The Labute approximate surface area is 62.4 Å². The van der Waals surface area contributed by atoms with E-state index in [2.05, 4.69) is 27.8 Å². The molecule has 0 unspecified atom stereocenters. The largest absolute Gasteiger partial charge is 0.245 e. The summed E-state index contributed by atoms with van der Waals surface area (Å²) in [5.74, 6) is 0. The Morgan fingerprint density at radius 1 is 1.88 bits per heavy atom. The van der Waals surface area contributed by atoms with Gasteiger partial charge in [-0.25, -0.2) is 5.01 Å². The van der Waals surface area contributed by atoms with E-state index >= 15 is 0 Å². The average Bonchev–Trinajstić information content (AvgIpc) is 1.84. The predicted molar refractivity (Wildman–Crippen MR) is 40.7 cm³/mol. The van der Waals surface area contributed by atoms with E-state index in [1.807, 2.05) is 13.0 Å². The van der Waals surface area contributed by atoms with Crippen LogP contribution in [0.2, 0.25) is 0 Å². The average molecular weight is 225 g/mol. The minimum atomic E-state index is 0.956. The topological polar surface area (TPSA) is 39.5 Å². The van der Waals surface area contributed by atoms with Gasteiger partial charge < -0.3 is 0 Å². The van der Waals surface area contributed by atoms with E-state index < -0.39 is 0 Å². The minimum absolute atomic E-state index is 0.956. The first kappa shape index (κ1) is 7.87. The minimum Gasteiger partial charge on any atom is -0.245 e. The molecule has 0 radical (unpaired) electrons. The fourth-order valence-electron chi connectivity index (χ4n) is 0.235. The summed E-state index contributed by atoms with van der Waals surface area (Å²) in [7, 11) is 1.73. The van der Waals surface area contributed by atoms with Crippen LogP contribution >= 0.6 is 22.6 Å². The van der Waals surface area contributed by atoms with Crippen LogP contribution in [0.3, 0.4) is 0 Å². The van der Waals surface area contributed by atoms with Crippen LogP contribution in [-0.4, -0.2) is 12.1 Å². The normalized spacial score (nSPS) is 11.1. The summed E-state index contributed by atoms with van der Waals surface area (Å²) in [5.41, 5.74) is 6.55. The van der Waals surface area contributed by atoms with Gasteiger partial charge in [-0.1, -0.05) is 11.3 Å². The van der Waals surface area contributed by atoms with Crippen LogP contribution < -0.4 is 0 Å². The number of nitrogens with one attached hydrogen (secondary N) is 1. The highest BCUT2D eigenvalue weighted by Crippen LogP contribution is 2.09. The summed E-state index contributed by atoms with van der Waals surface area (Å²) in [4.78, 5) is 0. The zero-order chi connectivity index (χ0) is 6.57. The molecule has 0 aromatic rings. The lowest BCUT2D eigenvalue weighted by Crippen LogP contribution is -2.02. The molecule has 3 nitrogen and oxygen atoms in total. The Balaban J connectivity index is 3.81. The quantitative estimate of drug-likeness (QED) is 0.332. The van der Waals surface area contributed by atoms with E-state index in [4.69, 9.17) is 5.53 Å². The SMILES string of the molecule is C/C=C(/I)N(C)N=N. The van der Waals surface area contributed by atoms with E-state index in [0.717, 1.165) is 3.70 Å². The third kappa shape index (κ3) is 2.25. The van der Waals surface area contributed by atoms with E-state index in [9.17, 15) is 0 Å². The van der Waals surface area contributed by atoms with Crippen LogP contribution in [0.5, 0.6) is 0 Å². The van der Waals surface area contributed by atoms with Crippen molar-refractivity contribution in [3.05, 3.63) is 9.78 Å². The van der Waals surface area contributed by atoms with Gasteiger partial charge in [-0.2, -0.15) is 5.53 Å². The molecule has 0 aliphatic rings. The predicted octanol–water partition coefficient (Wildman–Crippen LogP) is 2.16. The van der Waals surface area contributed by atoms with Crippen molar-refractivity contribution in [2.24, 2.45) is 5.22 Å². The van der Waals surface area contributed by atoms with Gasteiger partial charge in [0.15, 0.2) is 0 Å². The molecule has 1 N–H and O–H groups in total. The zero-order valence-corrected chi connectivity index (χ0v) is 7.01. The third-order valence-corrected chi connectivity index (χ3v) is 2.02. The van der Waals surface area contributed by atoms with Crippen LogP contribution in [-0.2, 0) is 0 Å². The molecule has 0 rings (SSSR count). The highest BCUT2D eigenvalue weighted by atomic mass is 127. The van der Waals surface area contributed by atoms with Crippen LogP contribution in [0.1, 0.15) is 6.92 Å². The van der Waals surface area contributed by atoms with Gasteiger partial charge >= 0.3 is 0 Å². The Morgan fingerprint density at radius 2 is 2.38 bits per heavy atom. The second kappa shape index (κ2) is 3.82. The maximum atomic E-state index is 6.55. The van der Waals surface area contributed by atoms with Gasteiger partial charge in [-0.05, 0) is 29.5 Å². The molecule has 0 aliphatic carbocycles. The summed E-state index contributed by atoms with van der Waals surface area (Å²) in [6.07, 6.45) is 1.89.